The molecule has 3 aromatic heterocycles. The first-order chi connectivity index (χ1) is 9.25. The highest BCUT2D eigenvalue weighted by Crippen LogP contribution is 2.16. The van der Waals surface area contributed by atoms with E-state index in [4.69, 9.17) is 0 Å². The van der Waals surface area contributed by atoms with Crippen molar-refractivity contribution in [1.82, 2.24) is 14.4 Å². The van der Waals surface area contributed by atoms with Crippen LogP contribution in [0.15, 0.2) is 40.9 Å². The Morgan fingerprint density at radius 3 is 3.05 bits per heavy atom. The molecule has 0 spiro atoms. The summed E-state index contributed by atoms with van der Waals surface area (Å²) in [5.74, 6) is -0.351. The van der Waals surface area contributed by atoms with Crippen molar-refractivity contribution in [2.24, 2.45) is 0 Å². The minimum absolute atomic E-state index is 0.260. The molecule has 0 aliphatic rings. The van der Waals surface area contributed by atoms with Crippen molar-refractivity contribution in [3.05, 3.63) is 57.7 Å². The third-order valence-electron chi connectivity index (χ3n) is 2.59. The van der Waals surface area contributed by atoms with Gasteiger partial charge in [-0.1, -0.05) is 12.1 Å². The summed E-state index contributed by atoms with van der Waals surface area (Å²) in [6.45, 7) is 0. The van der Waals surface area contributed by atoms with Gasteiger partial charge in [-0.2, -0.15) is 0 Å². The predicted octanol–water partition coefficient (Wildman–Crippen LogP) is 2.03. The van der Waals surface area contributed by atoms with Gasteiger partial charge in [0, 0.05) is 24.0 Å². The molecule has 0 saturated heterocycles. The molecule has 0 amide bonds. The van der Waals surface area contributed by atoms with Crippen LogP contribution in [0.2, 0.25) is 0 Å². The van der Waals surface area contributed by atoms with E-state index in [0.29, 0.717) is 4.96 Å². The number of nitrogens with zero attached hydrogens (tertiary/aromatic N) is 3. The fourth-order valence-electron chi connectivity index (χ4n) is 1.65. The summed E-state index contributed by atoms with van der Waals surface area (Å²) in [5, 5.41) is 11.6. The van der Waals surface area contributed by atoms with Crippen LogP contribution in [-0.2, 0) is 0 Å². The van der Waals surface area contributed by atoms with Crippen molar-refractivity contribution in [1.29, 1.82) is 0 Å². The maximum Gasteiger partial charge on any atom is 0.301 e. The van der Waals surface area contributed by atoms with E-state index in [1.165, 1.54) is 15.7 Å². The van der Waals surface area contributed by atoms with E-state index in [-0.39, 0.29) is 11.4 Å². The Hall–Kier alpha value is -2.47. The zero-order chi connectivity index (χ0) is 13.2. The molecule has 6 heteroatoms. The highest BCUT2D eigenvalue weighted by Gasteiger charge is 2.09. The Balaban J connectivity index is 2.08. The average Bonchev–Trinajstić information content (AvgIpc) is 2.91. The molecular weight excluding hydrogens is 262 g/mol. The summed E-state index contributed by atoms with van der Waals surface area (Å²) in [5.41, 5.74) is 0.670. The number of aromatic nitrogens is 3. The summed E-state index contributed by atoms with van der Waals surface area (Å²) in [6.07, 6.45) is 8.30. The van der Waals surface area contributed by atoms with Crippen LogP contribution in [0, 0.1) is 0 Å². The number of fused-ring (bicyclic) bond motifs is 1. The molecule has 0 aromatic carbocycles. The third-order valence-corrected chi connectivity index (χ3v) is 3.34. The highest BCUT2D eigenvalue weighted by molar-refractivity contribution is 7.15. The summed E-state index contributed by atoms with van der Waals surface area (Å²) in [6, 6.07) is 3.68. The molecule has 0 aliphatic heterocycles. The Labute approximate surface area is 112 Å². The smallest absolute Gasteiger partial charge is 0.301 e. The lowest BCUT2D eigenvalue weighted by atomic mass is 10.2. The lowest BCUT2D eigenvalue weighted by Gasteiger charge is -1.99. The topological polar surface area (TPSA) is 67.5 Å². The molecule has 94 valence electrons. The van der Waals surface area contributed by atoms with Gasteiger partial charge in [-0.25, -0.2) is 4.98 Å². The molecule has 0 aliphatic carbocycles. The van der Waals surface area contributed by atoms with Crippen molar-refractivity contribution >= 4 is 28.4 Å². The summed E-state index contributed by atoms with van der Waals surface area (Å²) in [7, 11) is 0. The quantitative estimate of drug-likeness (QED) is 0.774. The fraction of sp³-hybridized carbons (Fsp3) is 0. The lowest BCUT2D eigenvalue weighted by molar-refractivity contribution is 0.461. The Kier molecular flexibility index (Phi) is 2.85. The van der Waals surface area contributed by atoms with E-state index in [0.717, 1.165) is 5.56 Å². The first-order valence-corrected chi connectivity index (χ1v) is 6.40. The van der Waals surface area contributed by atoms with Gasteiger partial charge >= 0.3 is 5.56 Å². The van der Waals surface area contributed by atoms with Crippen LogP contribution in [0.5, 0.6) is 5.75 Å². The van der Waals surface area contributed by atoms with Gasteiger partial charge in [0.05, 0.1) is 0 Å². The summed E-state index contributed by atoms with van der Waals surface area (Å²) in [4.78, 5) is 20.6. The van der Waals surface area contributed by atoms with Crippen molar-refractivity contribution in [3.8, 4) is 5.75 Å². The van der Waals surface area contributed by atoms with Crippen LogP contribution in [0.4, 0.5) is 0 Å². The van der Waals surface area contributed by atoms with Crippen LogP contribution >= 0.6 is 11.3 Å². The van der Waals surface area contributed by atoms with Crippen LogP contribution in [0.25, 0.3) is 17.1 Å². The second kappa shape index (κ2) is 4.66. The molecule has 19 heavy (non-hydrogen) atoms. The Morgan fingerprint density at radius 1 is 1.37 bits per heavy atom. The molecule has 3 heterocycles. The maximum absolute atomic E-state index is 11.9. The number of thiazole rings is 1. The zero-order valence-corrected chi connectivity index (χ0v) is 10.5. The van der Waals surface area contributed by atoms with Gasteiger partial charge in [0.1, 0.15) is 5.69 Å². The van der Waals surface area contributed by atoms with Crippen molar-refractivity contribution in [3.63, 3.8) is 0 Å². The monoisotopic (exact) mass is 271 g/mol. The van der Waals surface area contributed by atoms with Crippen LogP contribution in [-0.4, -0.2) is 19.5 Å². The van der Waals surface area contributed by atoms with Gasteiger partial charge in [-0.3, -0.25) is 14.2 Å². The molecule has 0 atom stereocenters. The molecule has 0 saturated carbocycles. The molecule has 5 nitrogen and oxygen atoms in total. The largest absolute Gasteiger partial charge is 0.502 e. The third kappa shape index (κ3) is 2.13. The van der Waals surface area contributed by atoms with Crippen LogP contribution < -0.4 is 5.56 Å². The van der Waals surface area contributed by atoms with Gasteiger partial charge in [0.15, 0.2) is 4.96 Å². The summed E-state index contributed by atoms with van der Waals surface area (Å²) < 4.78 is 1.32. The maximum atomic E-state index is 11.9. The van der Waals surface area contributed by atoms with E-state index in [1.807, 2.05) is 12.1 Å². The average molecular weight is 271 g/mol. The minimum atomic E-state index is -0.461. The van der Waals surface area contributed by atoms with Gasteiger partial charge < -0.3 is 5.11 Å². The van der Waals surface area contributed by atoms with E-state index in [2.05, 4.69) is 9.97 Å². The van der Waals surface area contributed by atoms with Gasteiger partial charge in [-0.15, -0.1) is 11.3 Å². The van der Waals surface area contributed by atoms with Crippen LogP contribution in [0.1, 0.15) is 11.3 Å². The van der Waals surface area contributed by atoms with Gasteiger partial charge in [0.2, 0.25) is 5.75 Å². The fourth-order valence-corrected chi connectivity index (χ4v) is 2.37. The van der Waals surface area contributed by atoms with E-state index in [1.54, 1.807) is 36.1 Å². The molecule has 0 radical (unpaired) electrons. The first kappa shape index (κ1) is 11.6. The molecule has 1 N–H and O–H groups in total. The summed E-state index contributed by atoms with van der Waals surface area (Å²) >= 11 is 1.34. The molecule has 0 fully saturated rings. The lowest BCUT2D eigenvalue weighted by Crippen LogP contribution is -2.13. The van der Waals surface area contributed by atoms with E-state index < -0.39 is 5.56 Å². The number of pyridine rings is 1. The molecule has 0 unspecified atom stereocenters. The number of hydrogen-bond donors (Lipinski definition) is 1. The van der Waals surface area contributed by atoms with Crippen LogP contribution in [0.3, 0.4) is 0 Å². The first-order valence-electron chi connectivity index (χ1n) is 5.52. The molecular formula is C13H9N3O2S. The Morgan fingerprint density at radius 2 is 2.26 bits per heavy atom. The van der Waals surface area contributed by atoms with Crippen molar-refractivity contribution < 1.29 is 5.11 Å². The number of rotatable bonds is 2. The standard InChI is InChI=1S/C13H9N3O2S/c17-11-10(4-3-9-2-1-5-14-8-9)15-13-16(12(11)18)6-7-19-13/h1-8,17H/b4-3+. The highest BCUT2D eigenvalue weighted by atomic mass is 32.1. The SMILES string of the molecule is O=c1c(O)c(/C=C/c2cccnc2)nc2sccn12. The number of aromatic hydroxyl groups is 1. The normalized spacial score (nSPS) is 11.4. The van der Waals surface area contributed by atoms with Crippen molar-refractivity contribution in [2.75, 3.05) is 0 Å². The van der Waals surface area contributed by atoms with Gasteiger partial charge in [-0.05, 0) is 17.7 Å². The van der Waals surface area contributed by atoms with Crippen molar-refractivity contribution in [2.45, 2.75) is 0 Å². The van der Waals surface area contributed by atoms with E-state index >= 15 is 0 Å². The number of hydrogen-bond acceptors (Lipinski definition) is 5. The Bertz CT molecular complexity index is 806. The predicted molar refractivity (Wildman–Crippen MR) is 74.2 cm³/mol. The molecule has 3 rings (SSSR count). The minimum Gasteiger partial charge on any atom is -0.502 e. The van der Waals surface area contributed by atoms with E-state index in [9.17, 15) is 9.90 Å². The molecule has 3 aromatic rings. The second-order valence-electron chi connectivity index (χ2n) is 3.83. The molecule has 0 bridgehead atoms. The zero-order valence-electron chi connectivity index (χ0n) is 9.72. The second-order valence-corrected chi connectivity index (χ2v) is 4.70. The van der Waals surface area contributed by atoms with Gasteiger partial charge in [0.25, 0.3) is 0 Å².